The zero-order chi connectivity index (χ0) is 44.0. The van der Waals surface area contributed by atoms with Crippen molar-refractivity contribution in [3.8, 4) is 22.3 Å². The van der Waals surface area contributed by atoms with Gasteiger partial charge in [0.15, 0.2) is 0 Å². The molecule has 0 fully saturated rings. The Labute approximate surface area is 383 Å². The topological polar surface area (TPSA) is 0 Å². The predicted octanol–water partition coefficient (Wildman–Crippen LogP) is 16.8. The van der Waals surface area contributed by atoms with Crippen LogP contribution in [0.2, 0.25) is 0 Å². The second-order valence-corrected chi connectivity index (χ2v) is 21.3. The van der Waals surface area contributed by atoms with Gasteiger partial charge in [0.1, 0.15) is 0 Å². The molecule has 5 aliphatic carbocycles. The van der Waals surface area contributed by atoms with E-state index >= 15 is 0 Å². The number of rotatable bonds is 4. The molecule has 0 aromatic heterocycles. The summed E-state index contributed by atoms with van der Waals surface area (Å²) in [4.78, 5) is 0. The van der Waals surface area contributed by atoms with Crippen LogP contribution in [0.1, 0.15) is 74.9 Å². The molecule has 2 unspecified atom stereocenters. The van der Waals surface area contributed by atoms with Crippen molar-refractivity contribution in [2.75, 3.05) is 0 Å². The van der Waals surface area contributed by atoms with E-state index < -0.39 is 5.41 Å². The van der Waals surface area contributed by atoms with E-state index in [0.29, 0.717) is 11.8 Å². The van der Waals surface area contributed by atoms with Crippen molar-refractivity contribution < 1.29 is 0 Å². The molecule has 0 aliphatic heterocycles. The number of hydrogen-bond donors (Lipinski definition) is 0. The summed E-state index contributed by atoms with van der Waals surface area (Å²) >= 11 is 0. The first kappa shape index (κ1) is 38.4. The van der Waals surface area contributed by atoms with Crippen LogP contribution in [-0.4, -0.2) is 0 Å². The molecule has 13 rings (SSSR count). The van der Waals surface area contributed by atoms with Crippen LogP contribution < -0.4 is 0 Å². The van der Waals surface area contributed by atoms with Gasteiger partial charge >= 0.3 is 0 Å². The molecule has 0 N–H and O–H groups in total. The van der Waals surface area contributed by atoms with Crippen LogP contribution in [0.25, 0.3) is 60.1 Å². The second kappa shape index (κ2) is 13.5. The third kappa shape index (κ3) is 5.63. The lowest BCUT2D eigenvalue weighted by Crippen LogP contribution is -2.30. The summed E-state index contributed by atoms with van der Waals surface area (Å²) in [6.07, 6.45) is 19.4. The molecule has 0 heteroatoms. The average molecular weight is 833 g/mol. The molecule has 8 aromatic rings. The normalized spacial score (nSPS) is 19.2. The maximum Gasteiger partial charge on any atom is 0.0713 e. The van der Waals surface area contributed by atoms with Crippen LogP contribution in [0.15, 0.2) is 222 Å². The lowest BCUT2D eigenvalue weighted by molar-refractivity contribution is 0.500. The molecule has 0 bridgehead atoms. The van der Waals surface area contributed by atoms with Crippen LogP contribution >= 0.6 is 0 Å². The zero-order valence-corrected chi connectivity index (χ0v) is 38.1. The monoisotopic (exact) mass is 832 g/mol. The van der Waals surface area contributed by atoms with Crippen molar-refractivity contribution in [1.29, 1.82) is 0 Å². The summed E-state index contributed by atoms with van der Waals surface area (Å²) < 4.78 is 0. The third-order valence-corrected chi connectivity index (χ3v) is 15.5. The molecule has 0 spiro atoms. The van der Waals surface area contributed by atoms with E-state index in [0.717, 1.165) is 0 Å². The molecule has 0 nitrogen and oxygen atoms in total. The fourth-order valence-corrected chi connectivity index (χ4v) is 12.2. The summed E-state index contributed by atoms with van der Waals surface area (Å²) in [5.74, 6) is 0.721. The Morgan fingerprint density at radius 2 is 0.892 bits per heavy atom. The van der Waals surface area contributed by atoms with Gasteiger partial charge in [0.25, 0.3) is 0 Å². The van der Waals surface area contributed by atoms with Gasteiger partial charge in [-0.2, -0.15) is 0 Å². The van der Waals surface area contributed by atoms with Gasteiger partial charge in [0.05, 0.1) is 5.41 Å². The van der Waals surface area contributed by atoms with E-state index in [4.69, 9.17) is 0 Å². The summed E-state index contributed by atoms with van der Waals surface area (Å²) in [6.45, 7) is 13.9. The largest absolute Gasteiger partial charge is 0.0713 e. The molecule has 65 heavy (non-hydrogen) atoms. The molecule has 0 heterocycles. The first-order valence-electron chi connectivity index (χ1n) is 23.5. The standard InChI is InChI=1S/C65H52/c1-63(2,3)53-33-45-21-17-41-29-49(30-42-18-22-46(34-53)61(45)59(41)42)39-25-27-55-56-28-26-40(38-58(56)65(57(55)37-39,51-13-9-7-10-14-51)52-15-11-8-12-16-52)50-31-43-19-23-47-35-54(64(4,5)6)36-48-24-20-44(32-50)60(43)62(47)48/h7-38,59,61H,1-6H3. The van der Waals surface area contributed by atoms with Crippen molar-refractivity contribution in [3.05, 3.63) is 255 Å². The van der Waals surface area contributed by atoms with Gasteiger partial charge in [-0.1, -0.05) is 211 Å². The van der Waals surface area contributed by atoms with E-state index in [-0.39, 0.29) is 10.8 Å². The van der Waals surface area contributed by atoms with Crippen molar-refractivity contribution in [2.24, 2.45) is 17.3 Å². The van der Waals surface area contributed by atoms with E-state index in [9.17, 15) is 0 Å². The number of allylic oxidation sites excluding steroid dienone is 14. The Balaban J connectivity index is 0.981. The van der Waals surface area contributed by atoms with Gasteiger partial charge in [-0.25, -0.2) is 0 Å². The van der Waals surface area contributed by atoms with Crippen molar-refractivity contribution >= 4 is 37.9 Å². The van der Waals surface area contributed by atoms with E-state index in [1.54, 1.807) is 0 Å². The highest BCUT2D eigenvalue weighted by Gasteiger charge is 2.47. The van der Waals surface area contributed by atoms with E-state index in [1.165, 1.54) is 121 Å². The minimum absolute atomic E-state index is 0.0874. The molecule has 0 saturated carbocycles. The SMILES string of the molecule is CC(C)(C)C1=CC2=CC=C3C=C(c4ccc5c(c4)C(c4ccccc4)(c4ccccc4)c4cc(-c6cc7ccc8cc(C(C)(C)C)cc9ccc(c6)c7c89)ccc4-5)C=C4C=CC(=C1)C2C34. The molecular weight excluding hydrogens is 781 g/mol. The van der Waals surface area contributed by atoms with Crippen molar-refractivity contribution in [2.45, 2.75) is 52.4 Å². The summed E-state index contributed by atoms with van der Waals surface area (Å²) in [7, 11) is 0. The van der Waals surface area contributed by atoms with Crippen molar-refractivity contribution in [1.82, 2.24) is 0 Å². The minimum atomic E-state index is -0.531. The Kier molecular flexibility index (Phi) is 7.99. The highest BCUT2D eigenvalue weighted by molar-refractivity contribution is 6.24. The van der Waals surface area contributed by atoms with Gasteiger partial charge < -0.3 is 0 Å². The molecule has 2 atom stereocenters. The van der Waals surface area contributed by atoms with E-state index in [2.05, 4.69) is 236 Å². The lowest BCUT2D eigenvalue weighted by Gasteiger charge is -2.42. The van der Waals surface area contributed by atoms with Crippen LogP contribution in [0.5, 0.6) is 0 Å². The smallest absolute Gasteiger partial charge is 0.0622 e. The predicted molar refractivity (Wildman–Crippen MR) is 276 cm³/mol. The quantitative estimate of drug-likeness (QED) is 0.155. The molecule has 312 valence electrons. The van der Waals surface area contributed by atoms with Gasteiger partial charge in [-0.3, -0.25) is 0 Å². The average Bonchev–Trinajstić information content (AvgIpc) is 3.61. The number of fused-ring (bicyclic) bond motifs is 3. The Hall–Kier alpha value is -7.02. The lowest BCUT2D eigenvalue weighted by atomic mass is 9.62. The maximum atomic E-state index is 2.53. The first-order valence-corrected chi connectivity index (χ1v) is 23.5. The molecule has 0 saturated heterocycles. The summed E-state index contributed by atoms with van der Waals surface area (Å²) in [6, 6.07) is 56.1. The van der Waals surface area contributed by atoms with Crippen LogP contribution in [0.4, 0.5) is 0 Å². The van der Waals surface area contributed by atoms with Crippen LogP contribution in [0.3, 0.4) is 0 Å². The number of benzene rings is 8. The Bertz CT molecular complexity index is 3470. The fourth-order valence-electron chi connectivity index (χ4n) is 12.2. The molecule has 5 aliphatic rings. The summed E-state index contributed by atoms with van der Waals surface area (Å²) in [5, 5.41) is 7.95. The Morgan fingerprint density at radius 1 is 0.400 bits per heavy atom. The van der Waals surface area contributed by atoms with Gasteiger partial charge in [0.2, 0.25) is 0 Å². The van der Waals surface area contributed by atoms with Crippen LogP contribution in [-0.2, 0) is 10.8 Å². The van der Waals surface area contributed by atoms with Crippen LogP contribution in [0, 0.1) is 17.3 Å². The van der Waals surface area contributed by atoms with E-state index in [1.807, 2.05) is 0 Å². The van der Waals surface area contributed by atoms with Gasteiger partial charge in [-0.05, 0) is 156 Å². The zero-order valence-electron chi connectivity index (χ0n) is 38.1. The third-order valence-electron chi connectivity index (χ3n) is 15.5. The van der Waals surface area contributed by atoms with Gasteiger partial charge in [-0.15, -0.1) is 0 Å². The molecule has 0 radical (unpaired) electrons. The first-order chi connectivity index (χ1) is 31.4. The Morgan fingerprint density at radius 3 is 1.43 bits per heavy atom. The number of hydrogen-bond acceptors (Lipinski definition) is 0. The fraction of sp³-hybridized carbons (Fsp3) is 0.169. The molecular formula is C65H52. The molecule has 8 aromatic carbocycles. The van der Waals surface area contributed by atoms with Gasteiger partial charge in [0, 0.05) is 11.8 Å². The molecule has 0 amide bonds. The highest BCUT2D eigenvalue weighted by atomic mass is 14.5. The highest BCUT2D eigenvalue weighted by Crippen LogP contribution is 2.58. The minimum Gasteiger partial charge on any atom is -0.0622 e. The maximum absolute atomic E-state index is 2.53. The summed E-state index contributed by atoms with van der Waals surface area (Å²) in [5.41, 5.74) is 21.0. The second-order valence-electron chi connectivity index (χ2n) is 21.3. The van der Waals surface area contributed by atoms with Crippen molar-refractivity contribution in [3.63, 3.8) is 0 Å².